The van der Waals surface area contributed by atoms with Gasteiger partial charge in [0.15, 0.2) is 17.2 Å². The Labute approximate surface area is 160 Å². The van der Waals surface area contributed by atoms with Crippen LogP contribution >= 0.6 is 15.9 Å². The maximum absolute atomic E-state index is 12.3. The molecule has 0 aliphatic heterocycles. The number of aromatic nitrogens is 5. The highest BCUT2D eigenvalue weighted by atomic mass is 79.9. The third-order valence-corrected chi connectivity index (χ3v) is 4.06. The Balaban J connectivity index is 1.75. The first-order valence-electron chi connectivity index (χ1n) is 7.33. The maximum atomic E-state index is 12.3. The number of hydrogen-bond acceptors (Lipinski definition) is 10. The molecular formula is C14H13BrN8O4. The molecule has 140 valence electrons. The summed E-state index contributed by atoms with van der Waals surface area (Å²) in [5.74, 6) is -0.222. The highest BCUT2D eigenvalue weighted by Crippen LogP contribution is 2.34. The molecule has 3 rings (SSSR count). The minimum absolute atomic E-state index is 0.0137. The third kappa shape index (κ3) is 3.57. The summed E-state index contributed by atoms with van der Waals surface area (Å²) in [6, 6.07) is 3.16. The molecule has 13 heteroatoms. The summed E-state index contributed by atoms with van der Waals surface area (Å²) in [6.07, 6.45) is 1.38. The highest BCUT2D eigenvalue weighted by Gasteiger charge is 2.20. The van der Waals surface area contributed by atoms with Gasteiger partial charge in [0.2, 0.25) is 11.6 Å². The molecule has 1 aromatic carbocycles. The minimum Gasteiger partial charge on any atom is -0.503 e. The molecule has 0 fully saturated rings. The topological polar surface area (TPSA) is 167 Å². The number of carbonyl (C=O) groups is 1. The predicted octanol–water partition coefficient (Wildman–Crippen LogP) is 0.782. The van der Waals surface area contributed by atoms with Crippen molar-refractivity contribution in [2.45, 2.75) is 6.92 Å². The summed E-state index contributed by atoms with van der Waals surface area (Å²) in [5.41, 5.74) is 8.93. The Kier molecular flexibility index (Phi) is 5.03. The number of amides is 1. The second-order valence-corrected chi connectivity index (χ2v) is 6.02. The van der Waals surface area contributed by atoms with Crippen molar-refractivity contribution in [2.24, 2.45) is 5.10 Å². The van der Waals surface area contributed by atoms with E-state index >= 15 is 0 Å². The number of hydrazone groups is 1. The van der Waals surface area contributed by atoms with E-state index in [1.807, 2.05) is 0 Å². The van der Waals surface area contributed by atoms with Gasteiger partial charge in [0.25, 0.3) is 5.91 Å². The van der Waals surface area contributed by atoms with E-state index in [2.05, 4.69) is 51.7 Å². The highest BCUT2D eigenvalue weighted by molar-refractivity contribution is 9.10. The van der Waals surface area contributed by atoms with E-state index in [9.17, 15) is 9.90 Å². The van der Waals surface area contributed by atoms with E-state index in [1.165, 1.54) is 18.0 Å². The van der Waals surface area contributed by atoms with E-state index in [-0.39, 0.29) is 28.8 Å². The monoisotopic (exact) mass is 436 g/mol. The van der Waals surface area contributed by atoms with Crippen molar-refractivity contribution in [2.75, 3.05) is 12.8 Å². The SMILES string of the molecule is COc1cc(/C=N/NC(=O)c2nnn(-c3nonc3N)c2C)cc(Br)c1O. The fourth-order valence-corrected chi connectivity index (χ4v) is 2.58. The van der Waals surface area contributed by atoms with E-state index in [0.717, 1.165) is 0 Å². The van der Waals surface area contributed by atoms with Gasteiger partial charge in [-0.2, -0.15) is 9.78 Å². The van der Waals surface area contributed by atoms with E-state index < -0.39 is 5.91 Å². The number of rotatable bonds is 5. The molecule has 0 unspecified atom stereocenters. The van der Waals surface area contributed by atoms with Gasteiger partial charge in [-0.25, -0.2) is 10.1 Å². The Morgan fingerprint density at radius 2 is 2.26 bits per heavy atom. The van der Waals surface area contributed by atoms with Gasteiger partial charge in [0, 0.05) is 0 Å². The number of nitrogens with two attached hydrogens (primary N) is 1. The molecule has 12 nitrogen and oxygen atoms in total. The van der Waals surface area contributed by atoms with Crippen LogP contribution < -0.4 is 15.9 Å². The van der Waals surface area contributed by atoms with E-state index in [0.29, 0.717) is 15.7 Å². The Morgan fingerprint density at radius 3 is 2.93 bits per heavy atom. The second kappa shape index (κ2) is 7.41. The molecular weight excluding hydrogens is 424 g/mol. The zero-order valence-corrected chi connectivity index (χ0v) is 15.6. The standard InChI is InChI=1S/C14H13BrN8O4/c1-6-10(18-22-23(6)13-12(16)20-27-21-13)14(25)19-17-5-7-3-8(15)11(24)9(4-7)26-2/h3-5,24H,1-2H3,(H2,16,20)(H,19,25)/b17-5+. The molecule has 1 amide bonds. The first-order chi connectivity index (χ1) is 12.9. The predicted molar refractivity (Wildman–Crippen MR) is 95.8 cm³/mol. The summed E-state index contributed by atoms with van der Waals surface area (Å²) in [4.78, 5) is 12.3. The molecule has 0 atom stereocenters. The molecule has 0 aliphatic carbocycles. The van der Waals surface area contributed by atoms with Crippen molar-refractivity contribution in [1.29, 1.82) is 0 Å². The smallest absolute Gasteiger partial charge is 0.293 e. The van der Waals surface area contributed by atoms with Gasteiger partial charge >= 0.3 is 0 Å². The number of hydrogen-bond donors (Lipinski definition) is 3. The quantitative estimate of drug-likeness (QED) is 0.386. The van der Waals surface area contributed by atoms with Crippen molar-refractivity contribution in [3.05, 3.63) is 33.6 Å². The third-order valence-electron chi connectivity index (χ3n) is 3.46. The number of phenolic OH excluding ortho intramolecular Hbond substituents is 1. The van der Waals surface area contributed by atoms with Crippen LogP contribution in [0, 0.1) is 6.92 Å². The molecule has 0 aliphatic rings. The van der Waals surface area contributed by atoms with Crippen LogP contribution in [-0.4, -0.2) is 49.6 Å². The van der Waals surface area contributed by atoms with E-state index in [4.69, 9.17) is 10.5 Å². The normalized spacial score (nSPS) is 11.1. The first kappa shape index (κ1) is 18.3. The minimum atomic E-state index is -0.588. The summed E-state index contributed by atoms with van der Waals surface area (Å²) in [6.45, 7) is 1.61. The number of anilines is 1. The van der Waals surface area contributed by atoms with Crippen LogP contribution in [0.25, 0.3) is 5.82 Å². The Bertz CT molecular complexity index is 1030. The second-order valence-electron chi connectivity index (χ2n) is 5.16. The van der Waals surface area contributed by atoms with Gasteiger partial charge in [0.05, 0.1) is 23.5 Å². The zero-order valence-electron chi connectivity index (χ0n) is 14.0. The number of benzene rings is 1. The number of nitrogens with one attached hydrogen (secondary N) is 1. The van der Waals surface area contributed by atoms with E-state index in [1.54, 1.807) is 19.1 Å². The number of carbonyl (C=O) groups excluding carboxylic acids is 1. The largest absolute Gasteiger partial charge is 0.503 e. The number of methoxy groups -OCH3 is 1. The van der Waals surface area contributed by atoms with Crippen molar-refractivity contribution < 1.29 is 19.3 Å². The van der Waals surface area contributed by atoms with Gasteiger partial charge in [-0.1, -0.05) is 5.21 Å². The lowest BCUT2D eigenvalue weighted by atomic mass is 10.2. The van der Waals surface area contributed by atoms with Crippen molar-refractivity contribution in [1.82, 2.24) is 30.7 Å². The first-order valence-corrected chi connectivity index (χ1v) is 8.12. The summed E-state index contributed by atoms with van der Waals surface area (Å²) < 4.78 is 11.2. The van der Waals surface area contributed by atoms with Crippen LogP contribution in [0.2, 0.25) is 0 Å². The Morgan fingerprint density at radius 1 is 1.48 bits per heavy atom. The van der Waals surface area contributed by atoms with Gasteiger partial charge in [-0.15, -0.1) is 5.10 Å². The number of ether oxygens (including phenoxy) is 1. The molecule has 27 heavy (non-hydrogen) atoms. The lowest BCUT2D eigenvalue weighted by Crippen LogP contribution is -2.19. The average molecular weight is 437 g/mol. The summed E-state index contributed by atoms with van der Waals surface area (Å²) in [5, 5.41) is 28.3. The molecule has 2 aromatic heterocycles. The van der Waals surface area contributed by atoms with Crippen molar-refractivity contribution in [3.63, 3.8) is 0 Å². The number of halogens is 1. The molecule has 0 saturated heterocycles. The lowest BCUT2D eigenvalue weighted by Gasteiger charge is -2.06. The number of phenols is 1. The summed E-state index contributed by atoms with van der Waals surface area (Å²) in [7, 11) is 1.42. The molecule has 2 heterocycles. The van der Waals surface area contributed by atoms with Gasteiger partial charge < -0.3 is 15.6 Å². The van der Waals surface area contributed by atoms with Crippen LogP contribution in [0.1, 0.15) is 21.7 Å². The fraction of sp³-hybridized carbons (Fsp3) is 0.143. The van der Waals surface area contributed by atoms with Crippen molar-refractivity contribution >= 4 is 33.9 Å². The Hall–Kier alpha value is -3.48. The molecule has 0 bridgehead atoms. The number of nitrogen functional groups attached to an aromatic ring is 1. The van der Waals surface area contributed by atoms with Crippen LogP contribution in [0.5, 0.6) is 11.5 Å². The van der Waals surface area contributed by atoms with Gasteiger partial charge in [-0.05, 0) is 50.9 Å². The number of nitrogens with zero attached hydrogens (tertiary/aromatic N) is 6. The number of aromatic hydroxyl groups is 1. The average Bonchev–Trinajstić information content (AvgIpc) is 3.22. The molecule has 3 aromatic rings. The van der Waals surface area contributed by atoms with Crippen molar-refractivity contribution in [3.8, 4) is 17.3 Å². The van der Waals surface area contributed by atoms with Crippen LogP contribution in [0.15, 0.2) is 26.3 Å². The van der Waals surface area contributed by atoms with Gasteiger partial charge in [-0.3, -0.25) is 4.79 Å². The van der Waals surface area contributed by atoms with Crippen LogP contribution in [0.3, 0.4) is 0 Å². The maximum Gasteiger partial charge on any atom is 0.293 e. The van der Waals surface area contributed by atoms with Crippen LogP contribution in [-0.2, 0) is 0 Å². The summed E-state index contributed by atoms with van der Waals surface area (Å²) >= 11 is 3.20. The molecule has 0 radical (unpaired) electrons. The molecule has 0 saturated carbocycles. The molecule has 0 spiro atoms. The molecule has 4 N–H and O–H groups in total. The van der Waals surface area contributed by atoms with Crippen LogP contribution in [0.4, 0.5) is 5.82 Å². The zero-order chi connectivity index (χ0) is 19.6. The van der Waals surface area contributed by atoms with Gasteiger partial charge in [0.1, 0.15) is 0 Å². The fourth-order valence-electron chi connectivity index (χ4n) is 2.12. The lowest BCUT2D eigenvalue weighted by molar-refractivity contribution is 0.0949.